The zero-order chi connectivity index (χ0) is 14.5. The average Bonchev–Trinajstić information content (AvgIpc) is 2.48. The van der Waals surface area contributed by atoms with Gasteiger partial charge in [-0.3, -0.25) is 10.1 Å². The van der Waals surface area contributed by atoms with Gasteiger partial charge >= 0.3 is 0 Å². The van der Waals surface area contributed by atoms with E-state index in [-0.39, 0.29) is 5.69 Å². The molecule has 1 N–H and O–H groups in total. The molecule has 0 radical (unpaired) electrons. The average molecular weight is 268 g/mol. The van der Waals surface area contributed by atoms with Crippen molar-refractivity contribution in [1.29, 1.82) is 0 Å². The van der Waals surface area contributed by atoms with E-state index in [0.717, 1.165) is 22.4 Å². The fourth-order valence-electron chi connectivity index (χ4n) is 1.93. The molecular formula is C16H16N2O2. The van der Waals surface area contributed by atoms with Crippen molar-refractivity contribution in [3.63, 3.8) is 0 Å². The van der Waals surface area contributed by atoms with Gasteiger partial charge in [0.2, 0.25) is 0 Å². The van der Waals surface area contributed by atoms with Gasteiger partial charge in [0, 0.05) is 24.9 Å². The molecule has 0 aliphatic carbocycles. The molecule has 0 aromatic heterocycles. The van der Waals surface area contributed by atoms with Gasteiger partial charge in [-0.25, -0.2) is 0 Å². The lowest BCUT2D eigenvalue weighted by molar-refractivity contribution is -0.384. The van der Waals surface area contributed by atoms with E-state index in [1.807, 2.05) is 44.3 Å². The second kappa shape index (κ2) is 6.02. The summed E-state index contributed by atoms with van der Waals surface area (Å²) in [5.41, 5.74) is 4.37. The lowest BCUT2D eigenvalue weighted by Crippen LogP contribution is -1.88. The maximum atomic E-state index is 10.6. The van der Waals surface area contributed by atoms with E-state index in [4.69, 9.17) is 0 Å². The van der Waals surface area contributed by atoms with Crippen LogP contribution in [0, 0.1) is 10.1 Å². The Hall–Kier alpha value is -2.62. The predicted molar refractivity (Wildman–Crippen MR) is 82.6 cm³/mol. The first-order chi connectivity index (χ1) is 9.60. The molecule has 0 unspecified atom stereocenters. The molecule has 0 heterocycles. The number of nitro groups is 1. The molecule has 0 spiro atoms. The third-order valence-corrected chi connectivity index (χ3v) is 3.12. The number of nitro benzene ring substituents is 1. The number of nitrogens with zero attached hydrogens (tertiary/aromatic N) is 1. The summed E-state index contributed by atoms with van der Waals surface area (Å²) >= 11 is 0. The van der Waals surface area contributed by atoms with Crippen molar-refractivity contribution in [1.82, 2.24) is 0 Å². The fourth-order valence-corrected chi connectivity index (χ4v) is 1.93. The van der Waals surface area contributed by atoms with Crippen molar-refractivity contribution >= 4 is 23.0 Å². The summed E-state index contributed by atoms with van der Waals surface area (Å²) in [6.45, 7) is 2.02. The van der Waals surface area contributed by atoms with Crippen molar-refractivity contribution in [2.75, 3.05) is 12.4 Å². The minimum atomic E-state index is -0.392. The molecule has 20 heavy (non-hydrogen) atoms. The topological polar surface area (TPSA) is 55.2 Å². The Morgan fingerprint density at radius 2 is 1.70 bits per heavy atom. The molecular weight excluding hydrogens is 252 g/mol. The second-order valence-corrected chi connectivity index (χ2v) is 4.50. The Bertz CT molecular complexity index is 629. The van der Waals surface area contributed by atoms with Gasteiger partial charge in [-0.1, -0.05) is 18.2 Å². The second-order valence-electron chi connectivity index (χ2n) is 4.50. The SMILES string of the molecule is CNc1ccc(C(C)=Cc2ccc([N+](=O)[O-])cc2)cc1. The van der Waals surface area contributed by atoms with Crippen LogP contribution in [0.15, 0.2) is 48.5 Å². The van der Waals surface area contributed by atoms with Crippen molar-refractivity contribution in [3.8, 4) is 0 Å². The summed E-state index contributed by atoms with van der Waals surface area (Å²) in [6.07, 6.45) is 2.01. The summed E-state index contributed by atoms with van der Waals surface area (Å²) in [7, 11) is 1.88. The van der Waals surface area contributed by atoms with Gasteiger partial charge in [0.15, 0.2) is 0 Å². The van der Waals surface area contributed by atoms with Crippen LogP contribution in [0.4, 0.5) is 11.4 Å². The van der Waals surface area contributed by atoms with Crippen LogP contribution in [0.5, 0.6) is 0 Å². The van der Waals surface area contributed by atoms with Gasteiger partial charge in [-0.2, -0.15) is 0 Å². The first-order valence-electron chi connectivity index (χ1n) is 6.31. The number of nitrogens with one attached hydrogen (secondary N) is 1. The Labute approximate surface area is 117 Å². The molecule has 0 fully saturated rings. The Balaban J connectivity index is 2.22. The van der Waals surface area contributed by atoms with E-state index >= 15 is 0 Å². The van der Waals surface area contributed by atoms with E-state index in [1.54, 1.807) is 12.1 Å². The lowest BCUT2D eigenvalue weighted by Gasteiger charge is -2.04. The number of hydrogen-bond acceptors (Lipinski definition) is 3. The number of hydrogen-bond donors (Lipinski definition) is 1. The van der Waals surface area contributed by atoms with Gasteiger partial charge in [-0.05, 0) is 47.9 Å². The monoisotopic (exact) mass is 268 g/mol. The molecule has 0 saturated carbocycles. The fraction of sp³-hybridized carbons (Fsp3) is 0.125. The van der Waals surface area contributed by atoms with Crippen LogP contribution >= 0.6 is 0 Å². The molecule has 0 aliphatic heterocycles. The van der Waals surface area contributed by atoms with Crippen LogP contribution < -0.4 is 5.32 Å². The zero-order valence-corrected chi connectivity index (χ0v) is 11.5. The quantitative estimate of drug-likeness (QED) is 0.513. The van der Waals surface area contributed by atoms with Crippen LogP contribution in [-0.2, 0) is 0 Å². The van der Waals surface area contributed by atoms with E-state index in [9.17, 15) is 10.1 Å². The number of benzene rings is 2. The molecule has 2 aromatic carbocycles. The first kappa shape index (κ1) is 13.8. The van der Waals surface area contributed by atoms with Gasteiger partial charge < -0.3 is 5.32 Å². The maximum absolute atomic E-state index is 10.6. The lowest BCUT2D eigenvalue weighted by atomic mass is 10.0. The van der Waals surface area contributed by atoms with E-state index in [2.05, 4.69) is 5.32 Å². The van der Waals surface area contributed by atoms with Crippen molar-refractivity contribution in [2.24, 2.45) is 0 Å². The van der Waals surface area contributed by atoms with Crippen LogP contribution in [0.25, 0.3) is 11.6 Å². The van der Waals surface area contributed by atoms with E-state index in [1.165, 1.54) is 12.1 Å². The highest BCUT2D eigenvalue weighted by molar-refractivity contribution is 5.80. The number of allylic oxidation sites excluding steroid dienone is 1. The standard InChI is InChI=1S/C16H16N2O2/c1-12(14-5-7-15(17-2)8-6-14)11-13-3-9-16(10-4-13)18(19)20/h3-11,17H,1-2H3. The van der Waals surface area contributed by atoms with Crippen molar-refractivity contribution in [2.45, 2.75) is 6.92 Å². The molecule has 2 aromatic rings. The normalized spacial score (nSPS) is 11.2. The molecule has 0 bridgehead atoms. The predicted octanol–water partition coefficient (Wildman–Crippen LogP) is 4.20. The van der Waals surface area contributed by atoms with Crippen molar-refractivity contribution in [3.05, 3.63) is 69.8 Å². The first-order valence-corrected chi connectivity index (χ1v) is 6.31. The van der Waals surface area contributed by atoms with E-state index in [0.29, 0.717) is 0 Å². The highest BCUT2D eigenvalue weighted by Gasteiger charge is 2.03. The summed E-state index contributed by atoms with van der Waals surface area (Å²) in [5.74, 6) is 0. The number of anilines is 1. The molecule has 102 valence electrons. The zero-order valence-electron chi connectivity index (χ0n) is 11.5. The van der Waals surface area contributed by atoms with Crippen LogP contribution in [0.2, 0.25) is 0 Å². The van der Waals surface area contributed by atoms with Crippen molar-refractivity contribution < 1.29 is 4.92 Å². The minimum absolute atomic E-state index is 0.109. The third-order valence-electron chi connectivity index (χ3n) is 3.12. The highest BCUT2D eigenvalue weighted by Crippen LogP contribution is 2.21. The van der Waals surface area contributed by atoms with E-state index < -0.39 is 4.92 Å². The van der Waals surface area contributed by atoms with Crippen LogP contribution in [-0.4, -0.2) is 12.0 Å². The largest absolute Gasteiger partial charge is 0.388 e. The summed E-state index contributed by atoms with van der Waals surface area (Å²) in [4.78, 5) is 10.2. The van der Waals surface area contributed by atoms with Gasteiger partial charge in [0.05, 0.1) is 4.92 Å². The highest BCUT2D eigenvalue weighted by atomic mass is 16.6. The maximum Gasteiger partial charge on any atom is 0.269 e. The number of rotatable bonds is 4. The number of non-ortho nitro benzene ring substituents is 1. The molecule has 0 saturated heterocycles. The third kappa shape index (κ3) is 3.23. The summed E-state index contributed by atoms with van der Waals surface area (Å²) < 4.78 is 0. The molecule has 2 rings (SSSR count). The molecule has 0 aliphatic rings. The summed E-state index contributed by atoms with van der Waals surface area (Å²) in [5, 5.41) is 13.7. The molecule has 0 atom stereocenters. The van der Waals surface area contributed by atoms with Gasteiger partial charge in [0.25, 0.3) is 5.69 Å². The van der Waals surface area contributed by atoms with Gasteiger partial charge in [0.1, 0.15) is 0 Å². The smallest absolute Gasteiger partial charge is 0.269 e. The molecule has 0 amide bonds. The van der Waals surface area contributed by atoms with Crippen LogP contribution in [0.1, 0.15) is 18.1 Å². The van der Waals surface area contributed by atoms with Crippen LogP contribution in [0.3, 0.4) is 0 Å². The molecule has 4 heteroatoms. The Morgan fingerprint density at radius 1 is 1.10 bits per heavy atom. The minimum Gasteiger partial charge on any atom is -0.388 e. The molecule has 4 nitrogen and oxygen atoms in total. The Kier molecular flexibility index (Phi) is 4.15. The van der Waals surface area contributed by atoms with Gasteiger partial charge in [-0.15, -0.1) is 0 Å². The Morgan fingerprint density at radius 3 is 2.20 bits per heavy atom. The summed E-state index contributed by atoms with van der Waals surface area (Å²) in [6, 6.07) is 14.7.